The molecule has 0 amide bonds. The average Bonchev–Trinajstić information content (AvgIpc) is 3.27. The molecule has 1 aliphatic heterocycles. The van der Waals surface area contributed by atoms with Gasteiger partial charge in [0.2, 0.25) is 0 Å². The summed E-state index contributed by atoms with van der Waals surface area (Å²) in [4.78, 5) is 0.171. The number of fused-ring (bicyclic) bond motifs is 1. The van der Waals surface area contributed by atoms with Gasteiger partial charge in [0, 0.05) is 318 Å². The van der Waals surface area contributed by atoms with Gasteiger partial charge in [-0.15, -0.1) is 0 Å². The van der Waals surface area contributed by atoms with Crippen molar-refractivity contribution >= 4 is 339 Å². The fraction of sp³-hybridized carbons (Fsp3) is 0.250. The molecule has 1 unspecified atom stereocenters. The van der Waals surface area contributed by atoms with E-state index in [4.69, 9.17) is 190 Å². The van der Waals surface area contributed by atoms with Crippen LogP contribution in [0.5, 0.6) is 0 Å². The first-order chi connectivity index (χ1) is 34.7. The largest absolute Gasteiger partial charge is 0.264 e. The standard InChI is InChI=1S/C24H22ClF2NO2S.B44/c1-16-2-11-21(12-3-16)31(29,30)28-20(9-4-17-5-13-23(27)22(25)14-17)10-7-18-6-8-19(26)15-24(18)28;1-24(2)35(23)41(36(25(3)4)26(5)6)44(42(37(27(7)8)28(9)10)38(29(11)12)30(13)14)43(39(31(15)16)32(17)18)40(33(19)20)34(21)22/h2-3,5-6,8,11-15,20H,4,7,9-10H2,1H3;. The zero-order valence-corrected chi connectivity index (χ0v) is 44.0. The molecule has 3 aromatic carbocycles. The van der Waals surface area contributed by atoms with Gasteiger partial charge in [0.1, 0.15) is 11.6 Å². The topological polar surface area (TPSA) is 37.4 Å². The fourth-order valence-electron chi connectivity index (χ4n) is 11.2. The quantitative estimate of drug-likeness (QED) is 0.0794. The van der Waals surface area contributed by atoms with Crippen molar-refractivity contribution in [1.29, 1.82) is 0 Å². The second-order valence-corrected chi connectivity index (χ2v) is 22.2. The summed E-state index contributed by atoms with van der Waals surface area (Å²) in [6.45, 7) is 1.89. The van der Waals surface area contributed by atoms with Crippen molar-refractivity contribution in [3.8, 4) is 0 Å². The number of benzene rings is 3. The first-order valence-corrected chi connectivity index (χ1v) is 26.2. The van der Waals surface area contributed by atoms with Crippen LogP contribution in [0.3, 0.4) is 0 Å². The molecule has 46 radical (unpaired) electrons. The van der Waals surface area contributed by atoms with Gasteiger partial charge in [0.15, 0.2) is 0 Å². The van der Waals surface area contributed by atoms with Crippen LogP contribution in [0.2, 0.25) is 5.02 Å². The third-order valence-corrected chi connectivity index (χ3v) is 16.8. The number of hydrogen-bond donors (Lipinski definition) is 0. The Morgan fingerprint density at radius 1 is 0.507 bits per heavy atom. The normalized spacial score (nSPS) is 12.4. The van der Waals surface area contributed by atoms with Gasteiger partial charge >= 0.3 is 0 Å². The maximum Gasteiger partial charge on any atom is 0.264 e. The van der Waals surface area contributed by atoms with Crippen LogP contribution in [0.25, 0.3) is 0 Å². The van der Waals surface area contributed by atoms with Gasteiger partial charge < -0.3 is 0 Å². The van der Waals surface area contributed by atoms with Crippen LogP contribution in [0.15, 0.2) is 65.6 Å². The fourth-order valence-corrected chi connectivity index (χ4v) is 13.2. The molecule has 0 aliphatic carbocycles. The number of rotatable bonds is 25. The first kappa shape index (κ1) is 69.7. The zero-order valence-electron chi connectivity index (χ0n) is 42.4. The lowest BCUT2D eigenvalue weighted by atomic mass is 8.26. The molecule has 1 aliphatic rings. The molecule has 3 aromatic rings. The predicted octanol–water partition coefficient (Wildman–Crippen LogP) is -10.7. The van der Waals surface area contributed by atoms with Gasteiger partial charge in [-0.3, -0.25) is 4.31 Å². The molecule has 294 valence electrons. The minimum absolute atomic E-state index is 0.0395. The second kappa shape index (κ2) is 31.2. The van der Waals surface area contributed by atoms with Crippen LogP contribution >= 0.6 is 11.6 Å². The lowest BCUT2D eigenvalue weighted by molar-refractivity contribution is 0.521. The van der Waals surface area contributed by atoms with E-state index in [0.29, 0.717) is 31.4 Å². The van der Waals surface area contributed by atoms with E-state index >= 15 is 0 Å². The minimum Gasteiger partial charge on any atom is -0.263 e. The van der Waals surface area contributed by atoms with Crippen molar-refractivity contribution in [3.63, 3.8) is 0 Å². The molecular formula is C24H22B44ClF2NO2S. The Morgan fingerprint density at radius 2 is 0.893 bits per heavy atom. The summed E-state index contributed by atoms with van der Waals surface area (Å²) in [6, 6.07) is 15.1. The molecule has 51 heteroatoms. The van der Waals surface area contributed by atoms with E-state index in [9.17, 15) is 17.2 Å². The third kappa shape index (κ3) is 18.2. The third-order valence-electron chi connectivity index (χ3n) is 14.6. The van der Waals surface area contributed by atoms with Crippen LogP contribution in [-0.2, 0) is 22.9 Å². The molecule has 0 saturated carbocycles. The summed E-state index contributed by atoms with van der Waals surface area (Å²) in [5.41, 5.74) is 2.96. The number of sulfonamides is 1. The molecule has 0 N–H and O–H groups in total. The highest BCUT2D eigenvalue weighted by Crippen LogP contribution is 2.38. The first-order valence-electron chi connectivity index (χ1n) is 24.4. The number of halogens is 3. The Morgan fingerprint density at radius 3 is 1.27 bits per heavy atom. The second-order valence-electron chi connectivity index (χ2n) is 20.0. The van der Waals surface area contributed by atoms with E-state index in [1.54, 1.807) is 42.5 Å². The molecule has 3 nitrogen and oxygen atoms in total. The van der Waals surface area contributed by atoms with E-state index in [1.165, 1.54) is 22.5 Å². The van der Waals surface area contributed by atoms with Crippen molar-refractivity contribution in [2.24, 2.45) is 0 Å². The Bertz CT molecular complexity index is 2200. The number of anilines is 1. The van der Waals surface area contributed by atoms with Gasteiger partial charge in [-0.2, -0.15) is 0 Å². The maximum atomic E-state index is 14.1. The number of nitrogens with zero attached hydrogens (tertiary/aromatic N) is 1. The summed E-state index contributed by atoms with van der Waals surface area (Å²) in [7, 11) is 141. The highest BCUT2D eigenvalue weighted by molar-refractivity contribution is 8.33. The summed E-state index contributed by atoms with van der Waals surface area (Å²) in [5.74, 6) is -0.968. The zero-order chi connectivity index (χ0) is 57.3. The molecular weight excluding hydrogens is 916 g/mol. The Balaban J connectivity index is 0.000000416. The molecule has 1 atom stereocenters. The smallest absolute Gasteiger partial charge is 0.263 e. The Hall–Kier alpha value is 0.417. The summed E-state index contributed by atoms with van der Waals surface area (Å²) >= 11 is 5.89. The highest BCUT2D eigenvalue weighted by Gasteiger charge is 2.58. The van der Waals surface area contributed by atoms with Gasteiger partial charge in [-0.1, -0.05) is 41.4 Å². The summed E-state index contributed by atoms with van der Waals surface area (Å²) in [6.07, 6.45) is -23.0. The van der Waals surface area contributed by atoms with Crippen LogP contribution < -0.4 is 4.31 Å². The molecule has 1 heterocycles. The van der Waals surface area contributed by atoms with Crippen LogP contribution in [0.4, 0.5) is 14.5 Å². The van der Waals surface area contributed by atoms with Gasteiger partial charge in [0.25, 0.3) is 10.0 Å². The van der Waals surface area contributed by atoms with E-state index in [2.05, 4.69) is 0 Å². The monoisotopic (exact) mass is 946 g/mol. The maximum absolute atomic E-state index is 14.1. The Labute approximate surface area is 494 Å². The number of aryl methyl sites for hydroxylation is 3. The molecule has 75 heavy (non-hydrogen) atoms. The van der Waals surface area contributed by atoms with Crippen molar-refractivity contribution in [2.45, 2.75) is 43.5 Å². The van der Waals surface area contributed by atoms with E-state index < -0.39 is 156 Å². The Kier molecular flexibility index (Phi) is 29.0. The average molecular weight is 938 g/mol. The van der Waals surface area contributed by atoms with Gasteiger partial charge in [-0.25, -0.2) is 17.2 Å². The molecule has 4 rings (SSSR count). The van der Waals surface area contributed by atoms with Crippen molar-refractivity contribution in [2.75, 3.05) is 4.31 Å². The summed E-state index contributed by atoms with van der Waals surface area (Å²) < 4.78 is 56.2. The van der Waals surface area contributed by atoms with Crippen molar-refractivity contribution in [3.05, 3.63) is 94.0 Å². The van der Waals surface area contributed by atoms with E-state index in [0.717, 1.165) is 16.7 Å². The molecule has 0 aromatic heterocycles. The molecule has 0 fully saturated rings. The number of hydrogen-bond acceptors (Lipinski definition) is 2. The van der Waals surface area contributed by atoms with Crippen molar-refractivity contribution < 1.29 is 17.2 Å². The predicted molar refractivity (Wildman–Crippen MR) is 372 cm³/mol. The van der Waals surface area contributed by atoms with Gasteiger partial charge in [-0.05, 0) is 80.1 Å². The van der Waals surface area contributed by atoms with E-state index in [1.807, 2.05) is 6.92 Å². The lowest BCUT2D eigenvalue weighted by Gasteiger charge is -2.55. The molecule has 0 saturated heterocycles. The minimum atomic E-state index is -3.90. The SMILES string of the molecule is Cc1ccc(S(=O)(=O)N2c3cc(F)ccc3CCC2CCc2ccc(F)c(Cl)c2)cc1.[B]B([B])B([B])B(B(B([B])[B])B([B])[B])B(B(B(B([B])[B])B([B])[B])B(B([B])[B])B([B])[B])B(B(B([B])[B])B([B])[B])B(B([B])[B])B([B])[B]. The summed E-state index contributed by atoms with van der Waals surface area (Å²) in [5, 5.41) is 0.0395. The van der Waals surface area contributed by atoms with Crippen LogP contribution in [-0.4, -0.2) is 326 Å². The van der Waals surface area contributed by atoms with Gasteiger partial charge in [0.05, 0.1) is 15.6 Å². The van der Waals surface area contributed by atoms with Crippen LogP contribution in [0, 0.1) is 18.6 Å². The van der Waals surface area contributed by atoms with Crippen molar-refractivity contribution in [1.82, 2.24) is 0 Å². The molecule has 0 bridgehead atoms. The molecule has 0 spiro atoms. The lowest BCUT2D eigenvalue weighted by Crippen LogP contribution is -2.93. The van der Waals surface area contributed by atoms with E-state index in [-0.39, 0.29) is 16.0 Å². The van der Waals surface area contributed by atoms with Crippen LogP contribution in [0.1, 0.15) is 29.5 Å². The highest BCUT2D eigenvalue weighted by atomic mass is 35.5.